The summed E-state index contributed by atoms with van der Waals surface area (Å²) in [7, 11) is 0. The van der Waals surface area contributed by atoms with E-state index in [4.69, 9.17) is 4.42 Å². The fourth-order valence-corrected chi connectivity index (χ4v) is 3.92. The number of nitrogens with zero attached hydrogens (tertiary/aromatic N) is 1. The van der Waals surface area contributed by atoms with Crippen molar-refractivity contribution in [3.63, 3.8) is 0 Å². The second kappa shape index (κ2) is 5.66. The first-order chi connectivity index (χ1) is 11.2. The Kier molecular flexibility index (Phi) is 3.50. The number of carbonyl (C=O) groups excluding carboxylic acids is 1. The van der Waals surface area contributed by atoms with E-state index in [1.165, 1.54) is 10.9 Å². The van der Waals surface area contributed by atoms with E-state index in [0.717, 1.165) is 6.42 Å². The molecule has 1 fully saturated rings. The summed E-state index contributed by atoms with van der Waals surface area (Å²) >= 11 is 1.72. The molecule has 4 rings (SSSR count). The van der Waals surface area contributed by atoms with E-state index in [1.807, 2.05) is 6.07 Å². The first kappa shape index (κ1) is 14.2. The zero-order chi connectivity index (χ0) is 15.8. The third-order valence-electron chi connectivity index (χ3n) is 4.27. The van der Waals surface area contributed by atoms with Crippen LogP contribution in [0.1, 0.15) is 27.8 Å². The largest absolute Gasteiger partial charge is 0.451 e. The highest BCUT2D eigenvalue weighted by Gasteiger charge is 2.29. The molecule has 0 saturated carbocycles. The first-order valence-corrected chi connectivity index (χ1v) is 8.46. The molecule has 116 valence electrons. The Morgan fingerprint density at radius 3 is 2.91 bits per heavy atom. The quantitative estimate of drug-likeness (QED) is 0.725. The van der Waals surface area contributed by atoms with E-state index < -0.39 is 0 Å². The van der Waals surface area contributed by atoms with Gasteiger partial charge in [0, 0.05) is 30.0 Å². The number of likely N-dealkylation sites (tertiary alicyclic amines) is 1. The molecule has 0 radical (unpaired) electrons. The van der Waals surface area contributed by atoms with Crippen molar-refractivity contribution in [1.29, 1.82) is 0 Å². The van der Waals surface area contributed by atoms with Crippen molar-refractivity contribution in [3.05, 3.63) is 68.7 Å². The molecule has 5 heteroatoms. The van der Waals surface area contributed by atoms with Gasteiger partial charge in [0.2, 0.25) is 0 Å². The summed E-state index contributed by atoms with van der Waals surface area (Å²) in [5, 5.41) is 2.56. The SMILES string of the molecule is O=C(c1cc(=O)c2ccccc2o1)N1CCC(c2cccs2)C1. The number of para-hydroxylation sites is 1. The molecule has 1 aliphatic rings. The van der Waals surface area contributed by atoms with E-state index in [0.29, 0.717) is 30.0 Å². The van der Waals surface area contributed by atoms with Crippen LogP contribution in [-0.2, 0) is 0 Å². The Labute approximate surface area is 137 Å². The molecular weight excluding hydrogens is 310 g/mol. The second-order valence-corrected chi connectivity index (χ2v) is 6.70. The number of carbonyl (C=O) groups is 1. The zero-order valence-electron chi connectivity index (χ0n) is 12.4. The van der Waals surface area contributed by atoms with E-state index >= 15 is 0 Å². The van der Waals surface area contributed by atoms with Gasteiger partial charge in [-0.05, 0) is 30.0 Å². The van der Waals surface area contributed by atoms with Crippen LogP contribution in [0.4, 0.5) is 0 Å². The van der Waals surface area contributed by atoms with Gasteiger partial charge in [0.1, 0.15) is 5.58 Å². The highest BCUT2D eigenvalue weighted by atomic mass is 32.1. The van der Waals surface area contributed by atoms with Crippen LogP contribution >= 0.6 is 11.3 Å². The summed E-state index contributed by atoms with van der Waals surface area (Å²) in [6, 6.07) is 12.5. The number of hydrogen-bond acceptors (Lipinski definition) is 4. The standard InChI is InChI=1S/C18H15NO3S/c20-14-10-16(22-15-5-2-1-4-13(14)15)18(21)19-8-7-12(11-19)17-6-3-9-23-17/h1-6,9-10,12H,7-8,11H2. The predicted molar refractivity (Wildman–Crippen MR) is 90.1 cm³/mol. The summed E-state index contributed by atoms with van der Waals surface area (Å²) in [5.74, 6) is 0.304. The van der Waals surface area contributed by atoms with Crippen molar-refractivity contribution in [3.8, 4) is 0 Å². The maximum Gasteiger partial charge on any atom is 0.289 e. The molecule has 1 unspecified atom stereocenters. The lowest BCUT2D eigenvalue weighted by molar-refractivity contribution is 0.0760. The molecule has 0 N–H and O–H groups in total. The topological polar surface area (TPSA) is 50.5 Å². The Morgan fingerprint density at radius 1 is 1.22 bits per heavy atom. The molecular formula is C18H15NO3S. The van der Waals surface area contributed by atoms with Crippen LogP contribution in [-0.4, -0.2) is 23.9 Å². The van der Waals surface area contributed by atoms with Gasteiger partial charge in [0.05, 0.1) is 5.39 Å². The van der Waals surface area contributed by atoms with Gasteiger partial charge in [-0.1, -0.05) is 18.2 Å². The number of thiophene rings is 1. The lowest BCUT2D eigenvalue weighted by Gasteiger charge is -2.15. The first-order valence-electron chi connectivity index (χ1n) is 7.58. The van der Waals surface area contributed by atoms with Crippen molar-refractivity contribution < 1.29 is 9.21 Å². The van der Waals surface area contributed by atoms with Crippen molar-refractivity contribution in [1.82, 2.24) is 4.90 Å². The smallest absolute Gasteiger partial charge is 0.289 e. The Bertz CT molecular complexity index is 913. The van der Waals surface area contributed by atoms with Crippen molar-refractivity contribution in [2.75, 3.05) is 13.1 Å². The lowest BCUT2D eigenvalue weighted by atomic mass is 10.1. The van der Waals surface area contributed by atoms with E-state index in [1.54, 1.807) is 40.5 Å². The van der Waals surface area contributed by atoms with Crippen LogP contribution in [0.5, 0.6) is 0 Å². The number of amides is 1. The van der Waals surface area contributed by atoms with Gasteiger partial charge < -0.3 is 9.32 Å². The van der Waals surface area contributed by atoms with Crippen molar-refractivity contribution in [2.24, 2.45) is 0 Å². The minimum atomic E-state index is -0.202. The summed E-state index contributed by atoms with van der Waals surface area (Å²) in [6.07, 6.45) is 0.948. The molecule has 0 spiro atoms. The number of rotatable bonds is 2. The van der Waals surface area contributed by atoms with E-state index in [-0.39, 0.29) is 17.1 Å². The molecule has 23 heavy (non-hydrogen) atoms. The molecule has 3 aromatic rings. The number of hydrogen-bond donors (Lipinski definition) is 0. The second-order valence-electron chi connectivity index (χ2n) is 5.72. The highest BCUT2D eigenvalue weighted by Crippen LogP contribution is 2.31. The molecule has 4 nitrogen and oxygen atoms in total. The van der Waals surface area contributed by atoms with Crippen LogP contribution in [0.3, 0.4) is 0 Å². The monoisotopic (exact) mass is 325 g/mol. The van der Waals surface area contributed by atoms with E-state index in [9.17, 15) is 9.59 Å². The zero-order valence-corrected chi connectivity index (χ0v) is 13.2. The fraction of sp³-hybridized carbons (Fsp3) is 0.222. The molecule has 1 amide bonds. The molecule has 2 aromatic heterocycles. The Hall–Kier alpha value is -2.40. The van der Waals surface area contributed by atoms with Crippen molar-refractivity contribution in [2.45, 2.75) is 12.3 Å². The van der Waals surface area contributed by atoms with Gasteiger partial charge in [-0.3, -0.25) is 9.59 Å². The number of fused-ring (bicyclic) bond motifs is 1. The summed E-state index contributed by atoms with van der Waals surface area (Å²) in [6.45, 7) is 1.37. The van der Waals surface area contributed by atoms with E-state index in [2.05, 4.69) is 11.4 Å². The normalized spacial score (nSPS) is 17.7. The molecule has 0 bridgehead atoms. The Morgan fingerprint density at radius 2 is 2.09 bits per heavy atom. The number of benzene rings is 1. The van der Waals surface area contributed by atoms with Gasteiger partial charge >= 0.3 is 0 Å². The third-order valence-corrected chi connectivity index (χ3v) is 5.30. The highest BCUT2D eigenvalue weighted by molar-refractivity contribution is 7.10. The minimum absolute atomic E-state index is 0.125. The van der Waals surface area contributed by atoms with Crippen LogP contribution in [0.25, 0.3) is 11.0 Å². The molecule has 1 aromatic carbocycles. The van der Waals surface area contributed by atoms with Gasteiger partial charge in [0.15, 0.2) is 11.2 Å². The van der Waals surface area contributed by atoms with Crippen LogP contribution in [0.15, 0.2) is 57.1 Å². The summed E-state index contributed by atoms with van der Waals surface area (Å²) in [5.41, 5.74) is 0.279. The van der Waals surface area contributed by atoms with Crippen LogP contribution in [0, 0.1) is 0 Å². The maximum atomic E-state index is 12.7. The van der Waals surface area contributed by atoms with Crippen LogP contribution in [0.2, 0.25) is 0 Å². The summed E-state index contributed by atoms with van der Waals surface area (Å²) < 4.78 is 5.65. The average molecular weight is 325 g/mol. The predicted octanol–water partition coefficient (Wildman–Crippen LogP) is 3.48. The average Bonchev–Trinajstić information content (AvgIpc) is 3.25. The lowest BCUT2D eigenvalue weighted by Crippen LogP contribution is -2.29. The Balaban J connectivity index is 1.61. The molecule has 1 saturated heterocycles. The van der Waals surface area contributed by atoms with Gasteiger partial charge in [0.25, 0.3) is 5.91 Å². The van der Waals surface area contributed by atoms with Gasteiger partial charge in [-0.2, -0.15) is 0 Å². The van der Waals surface area contributed by atoms with Gasteiger partial charge in [-0.15, -0.1) is 11.3 Å². The molecule has 1 atom stereocenters. The fourth-order valence-electron chi connectivity index (χ4n) is 3.07. The molecule has 1 aliphatic heterocycles. The maximum absolute atomic E-state index is 12.7. The minimum Gasteiger partial charge on any atom is -0.451 e. The van der Waals surface area contributed by atoms with Crippen LogP contribution < -0.4 is 5.43 Å². The van der Waals surface area contributed by atoms with Crippen molar-refractivity contribution >= 4 is 28.2 Å². The summed E-state index contributed by atoms with van der Waals surface area (Å²) in [4.78, 5) is 27.9. The molecule has 3 heterocycles. The third kappa shape index (κ3) is 2.57. The molecule has 0 aliphatic carbocycles. The van der Waals surface area contributed by atoms with Gasteiger partial charge in [-0.25, -0.2) is 0 Å².